The molecule has 0 unspecified atom stereocenters. The van der Waals surface area contributed by atoms with Crippen LogP contribution in [0, 0.1) is 0 Å². The molecule has 0 saturated carbocycles. The number of amides is 1. The third kappa shape index (κ3) is 4.43. The van der Waals surface area contributed by atoms with Crippen molar-refractivity contribution in [2.45, 2.75) is 30.6 Å². The van der Waals surface area contributed by atoms with Gasteiger partial charge in [-0.1, -0.05) is 24.2 Å². The first-order valence-corrected chi connectivity index (χ1v) is 12.6. The average Bonchev–Trinajstić information content (AvgIpc) is 3.03. The summed E-state index contributed by atoms with van der Waals surface area (Å²) in [5.74, 6) is 0.850. The number of carbonyl (C=O) groups excluding carboxylic acids is 1. The lowest BCUT2D eigenvalue weighted by Crippen LogP contribution is -2.31. The van der Waals surface area contributed by atoms with Gasteiger partial charge in [-0.15, -0.1) is 0 Å². The minimum atomic E-state index is -3.56. The van der Waals surface area contributed by atoms with Crippen LogP contribution in [-0.2, 0) is 10.0 Å². The van der Waals surface area contributed by atoms with Gasteiger partial charge in [-0.2, -0.15) is 4.31 Å². The van der Waals surface area contributed by atoms with Gasteiger partial charge in [-0.3, -0.25) is 10.1 Å². The molecule has 1 N–H and O–H groups in total. The molecular formula is C22H25N3O5S2. The normalized spacial score (nSPS) is 15.3. The van der Waals surface area contributed by atoms with Crippen LogP contribution >= 0.6 is 11.3 Å². The van der Waals surface area contributed by atoms with E-state index < -0.39 is 10.0 Å². The highest BCUT2D eigenvalue weighted by Crippen LogP contribution is 2.38. The SMILES string of the molecule is COc1ccc(OC)c2sc(NC(=O)c3ccc(S(=O)(=O)N4CCCCCC4)cc3)nc12. The summed E-state index contributed by atoms with van der Waals surface area (Å²) in [6.07, 6.45) is 3.85. The predicted molar refractivity (Wildman–Crippen MR) is 124 cm³/mol. The Morgan fingerprint density at radius 2 is 1.59 bits per heavy atom. The Morgan fingerprint density at radius 1 is 0.969 bits per heavy atom. The average molecular weight is 476 g/mol. The van der Waals surface area contributed by atoms with E-state index in [1.807, 2.05) is 0 Å². The van der Waals surface area contributed by atoms with Gasteiger partial charge >= 0.3 is 0 Å². The monoisotopic (exact) mass is 475 g/mol. The quantitative estimate of drug-likeness (QED) is 0.576. The number of aromatic nitrogens is 1. The fourth-order valence-corrected chi connectivity index (χ4v) is 6.20. The first-order valence-electron chi connectivity index (χ1n) is 10.4. The van der Waals surface area contributed by atoms with Gasteiger partial charge in [0.15, 0.2) is 5.13 Å². The Bertz CT molecular complexity index is 1170. The van der Waals surface area contributed by atoms with Crippen LogP contribution < -0.4 is 14.8 Å². The molecule has 1 aliphatic heterocycles. The topological polar surface area (TPSA) is 97.8 Å². The molecule has 32 heavy (non-hydrogen) atoms. The van der Waals surface area contributed by atoms with Crippen molar-refractivity contribution in [2.75, 3.05) is 32.6 Å². The van der Waals surface area contributed by atoms with Crippen molar-refractivity contribution in [2.24, 2.45) is 0 Å². The van der Waals surface area contributed by atoms with Gasteiger partial charge in [0.2, 0.25) is 10.0 Å². The molecule has 3 aromatic rings. The van der Waals surface area contributed by atoms with Crippen LogP contribution in [0.2, 0.25) is 0 Å². The molecule has 10 heteroatoms. The number of anilines is 1. The molecule has 1 fully saturated rings. The van der Waals surface area contributed by atoms with Crippen molar-refractivity contribution in [3.63, 3.8) is 0 Å². The van der Waals surface area contributed by atoms with E-state index in [-0.39, 0.29) is 10.8 Å². The van der Waals surface area contributed by atoms with Crippen molar-refractivity contribution < 1.29 is 22.7 Å². The van der Waals surface area contributed by atoms with Crippen molar-refractivity contribution >= 4 is 42.6 Å². The number of thiazole rings is 1. The van der Waals surface area contributed by atoms with Crippen LogP contribution in [0.1, 0.15) is 36.0 Å². The van der Waals surface area contributed by atoms with Crippen LogP contribution in [0.3, 0.4) is 0 Å². The number of carbonyl (C=O) groups is 1. The molecule has 1 amide bonds. The lowest BCUT2D eigenvalue weighted by atomic mass is 10.2. The zero-order chi connectivity index (χ0) is 22.7. The maximum Gasteiger partial charge on any atom is 0.257 e. The van der Waals surface area contributed by atoms with E-state index in [9.17, 15) is 13.2 Å². The molecule has 0 atom stereocenters. The summed E-state index contributed by atoms with van der Waals surface area (Å²) in [4.78, 5) is 17.4. The number of hydrogen-bond donors (Lipinski definition) is 1. The lowest BCUT2D eigenvalue weighted by molar-refractivity contribution is 0.102. The predicted octanol–water partition coefficient (Wildman–Crippen LogP) is 4.13. The minimum absolute atomic E-state index is 0.199. The van der Waals surface area contributed by atoms with Crippen molar-refractivity contribution in [1.82, 2.24) is 9.29 Å². The number of nitrogens with zero attached hydrogens (tertiary/aromatic N) is 2. The minimum Gasteiger partial charge on any atom is -0.495 e. The summed E-state index contributed by atoms with van der Waals surface area (Å²) >= 11 is 1.28. The first-order chi connectivity index (χ1) is 15.4. The van der Waals surface area contributed by atoms with E-state index in [0.717, 1.165) is 30.4 Å². The summed E-state index contributed by atoms with van der Waals surface area (Å²) in [7, 11) is -0.430. The molecule has 0 radical (unpaired) electrons. The van der Waals surface area contributed by atoms with E-state index in [1.54, 1.807) is 26.4 Å². The fourth-order valence-electron chi connectivity index (χ4n) is 3.72. The van der Waals surface area contributed by atoms with Crippen LogP contribution in [-0.4, -0.2) is 50.9 Å². The van der Waals surface area contributed by atoms with Crippen molar-refractivity contribution in [1.29, 1.82) is 0 Å². The molecule has 0 spiro atoms. The Kier molecular flexibility index (Phi) is 6.63. The number of benzene rings is 2. The number of rotatable bonds is 6. The Balaban J connectivity index is 1.53. The molecular weight excluding hydrogens is 450 g/mol. The largest absolute Gasteiger partial charge is 0.495 e. The van der Waals surface area contributed by atoms with Gasteiger partial charge in [0.1, 0.15) is 21.7 Å². The Labute approximate surface area is 191 Å². The van der Waals surface area contributed by atoms with Gasteiger partial charge in [-0.25, -0.2) is 13.4 Å². The van der Waals surface area contributed by atoms with Crippen LogP contribution in [0.25, 0.3) is 10.2 Å². The van der Waals surface area contributed by atoms with E-state index in [2.05, 4.69) is 10.3 Å². The third-order valence-electron chi connectivity index (χ3n) is 5.45. The standard InChI is InChI=1S/C22H25N3O5S2/c1-29-17-11-12-18(30-2)20-19(17)23-22(31-20)24-21(26)15-7-9-16(10-8-15)32(27,28)25-13-5-3-4-6-14-25/h7-12H,3-6,13-14H2,1-2H3,(H,23,24,26). The number of fused-ring (bicyclic) bond motifs is 1. The second-order valence-corrected chi connectivity index (χ2v) is 10.4. The summed E-state index contributed by atoms with van der Waals surface area (Å²) in [6.45, 7) is 1.07. The second-order valence-electron chi connectivity index (χ2n) is 7.46. The fraction of sp³-hybridized carbons (Fsp3) is 0.364. The van der Waals surface area contributed by atoms with Crippen LogP contribution in [0.15, 0.2) is 41.3 Å². The van der Waals surface area contributed by atoms with Crippen LogP contribution in [0.5, 0.6) is 11.5 Å². The van der Waals surface area contributed by atoms with Crippen molar-refractivity contribution in [3.8, 4) is 11.5 Å². The highest BCUT2D eigenvalue weighted by molar-refractivity contribution is 7.89. The molecule has 1 aliphatic rings. The summed E-state index contributed by atoms with van der Waals surface area (Å²) in [5, 5.41) is 3.17. The molecule has 1 saturated heterocycles. The molecule has 2 heterocycles. The zero-order valence-corrected chi connectivity index (χ0v) is 19.6. The smallest absolute Gasteiger partial charge is 0.257 e. The van der Waals surface area contributed by atoms with E-state index in [4.69, 9.17) is 9.47 Å². The highest BCUT2D eigenvalue weighted by atomic mass is 32.2. The maximum absolute atomic E-state index is 12.9. The van der Waals surface area contributed by atoms with E-state index >= 15 is 0 Å². The zero-order valence-electron chi connectivity index (χ0n) is 18.0. The third-order valence-corrected chi connectivity index (χ3v) is 8.35. The van der Waals surface area contributed by atoms with Gasteiger partial charge < -0.3 is 9.47 Å². The number of sulfonamides is 1. The molecule has 4 rings (SSSR count). The van der Waals surface area contributed by atoms with Crippen LogP contribution in [0.4, 0.5) is 5.13 Å². The first kappa shape index (κ1) is 22.5. The Hall–Kier alpha value is -2.69. The summed E-state index contributed by atoms with van der Waals surface area (Å²) in [6, 6.07) is 9.56. The second kappa shape index (κ2) is 9.43. The van der Waals surface area contributed by atoms with E-state index in [0.29, 0.717) is 40.8 Å². The van der Waals surface area contributed by atoms with Gasteiger partial charge in [0, 0.05) is 18.7 Å². The van der Waals surface area contributed by atoms with Gasteiger partial charge in [-0.05, 0) is 49.2 Å². The number of hydrogen-bond acceptors (Lipinski definition) is 7. The Morgan fingerprint density at radius 3 is 2.22 bits per heavy atom. The number of nitrogens with one attached hydrogen (secondary N) is 1. The summed E-state index contributed by atoms with van der Waals surface area (Å²) < 4.78 is 38.9. The summed E-state index contributed by atoms with van der Waals surface area (Å²) in [5.41, 5.74) is 0.948. The number of ether oxygens (including phenoxy) is 2. The highest BCUT2D eigenvalue weighted by Gasteiger charge is 2.25. The molecule has 170 valence electrons. The van der Waals surface area contributed by atoms with Gasteiger partial charge in [0.25, 0.3) is 5.91 Å². The molecule has 1 aromatic heterocycles. The number of methoxy groups -OCH3 is 2. The lowest BCUT2D eigenvalue weighted by Gasteiger charge is -2.20. The van der Waals surface area contributed by atoms with E-state index in [1.165, 1.54) is 39.9 Å². The van der Waals surface area contributed by atoms with Gasteiger partial charge in [0.05, 0.1) is 19.1 Å². The maximum atomic E-state index is 12.9. The van der Waals surface area contributed by atoms with Crippen molar-refractivity contribution in [3.05, 3.63) is 42.0 Å². The molecule has 2 aromatic carbocycles. The molecule has 8 nitrogen and oxygen atoms in total. The molecule has 0 aliphatic carbocycles. The molecule has 0 bridgehead atoms.